The number of nitrogens with zero attached hydrogens (tertiary/aromatic N) is 2. The van der Waals surface area contributed by atoms with Crippen LogP contribution in [0.5, 0.6) is 0 Å². The van der Waals surface area contributed by atoms with Crippen LogP contribution >= 0.6 is 34.5 Å². The summed E-state index contributed by atoms with van der Waals surface area (Å²) in [5.74, 6) is -0.313. The van der Waals surface area contributed by atoms with Gasteiger partial charge in [-0.25, -0.2) is 0 Å². The number of amides is 1. The smallest absolute Gasteiger partial charge is 0.351 e. The first-order valence-electron chi connectivity index (χ1n) is 7.95. The monoisotopic (exact) mass is 435 g/mol. The van der Waals surface area contributed by atoms with Crippen LogP contribution in [0.1, 0.15) is 27.5 Å². The van der Waals surface area contributed by atoms with E-state index in [0.717, 1.165) is 10.1 Å². The van der Waals surface area contributed by atoms with Crippen LogP contribution in [0.25, 0.3) is 10.1 Å². The van der Waals surface area contributed by atoms with E-state index in [9.17, 15) is 18.0 Å². The second-order valence-corrected chi connectivity index (χ2v) is 7.63. The number of aromatic nitrogens is 2. The highest BCUT2D eigenvalue weighted by Crippen LogP contribution is 2.36. The van der Waals surface area contributed by atoms with Crippen molar-refractivity contribution in [1.82, 2.24) is 15.1 Å². The topological polar surface area (TPSA) is 46.9 Å². The van der Waals surface area contributed by atoms with Crippen LogP contribution in [-0.4, -0.2) is 22.2 Å². The maximum atomic E-state index is 12.8. The van der Waals surface area contributed by atoms with Gasteiger partial charge in [0.1, 0.15) is 4.88 Å². The second kappa shape index (κ2) is 7.69. The summed E-state index contributed by atoms with van der Waals surface area (Å²) >= 11 is 13.3. The third-order valence-electron chi connectivity index (χ3n) is 3.98. The van der Waals surface area contributed by atoms with E-state index in [1.165, 1.54) is 22.9 Å². The van der Waals surface area contributed by atoms with E-state index in [-0.39, 0.29) is 24.7 Å². The number of fused-ring (bicyclic) bond motifs is 1. The second-order valence-electron chi connectivity index (χ2n) is 5.82. The summed E-state index contributed by atoms with van der Waals surface area (Å²) in [6.45, 7) is 1.93. The molecule has 0 atom stereocenters. The van der Waals surface area contributed by atoms with Crippen LogP contribution in [0.2, 0.25) is 10.0 Å². The molecule has 27 heavy (non-hydrogen) atoms. The molecule has 0 spiro atoms. The average Bonchev–Trinajstić information content (AvgIpc) is 3.10. The van der Waals surface area contributed by atoms with Gasteiger partial charge in [0.05, 0.1) is 15.7 Å². The molecule has 1 N–H and O–H groups in total. The molecule has 3 rings (SSSR count). The van der Waals surface area contributed by atoms with Gasteiger partial charge >= 0.3 is 6.18 Å². The zero-order chi connectivity index (χ0) is 19.8. The summed E-state index contributed by atoms with van der Waals surface area (Å²) in [5, 5.41) is 7.08. The molecule has 0 unspecified atom stereocenters. The van der Waals surface area contributed by atoms with E-state index in [1.807, 2.05) is 24.3 Å². The van der Waals surface area contributed by atoms with E-state index in [2.05, 4.69) is 10.4 Å². The summed E-state index contributed by atoms with van der Waals surface area (Å²) in [6, 6.07) is 7.43. The number of carbonyl (C=O) groups excluding carboxylic acids is 1. The molecule has 0 fully saturated rings. The Morgan fingerprint density at radius 1 is 1.26 bits per heavy atom. The largest absolute Gasteiger partial charge is 0.436 e. The highest BCUT2D eigenvalue weighted by Gasteiger charge is 2.38. The van der Waals surface area contributed by atoms with Crippen molar-refractivity contribution in [2.24, 2.45) is 0 Å². The molecule has 10 heteroatoms. The van der Waals surface area contributed by atoms with Gasteiger partial charge in [0.15, 0.2) is 5.69 Å². The lowest BCUT2D eigenvalue weighted by atomic mass is 10.2. The Hall–Kier alpha value is -1.77. The zero-order valence-electron chi connectivity index (χ0n) is 14.0. The summed E-state index contributed by atoms with van der Waals surface area (Å²) in [6.07, 6.45) is -4.20. The molecule has 1 amide bonds. The Morgan fingerprint density at radius 2 is 1.96 bits per heavy atom. The van der Waals surface area contributed by atoms with Crippen molar-refractivity contribution in [3.63, 3.8) is 0 Å². The molecule has 0 bridgehead atoms. The standard InChI is InChI=1S/C17H14Cl2F3N3OS/c1-9-12(18)15(17(20,21)22)24-25(9)8-4-7-23-16(26)14-13(19)10-5-2-3-6-11(10)27-14/h2-3,5-6H,4,7-8H2,1H3,(H,23,26). The van der Waals surface area contributed by atoms with Gasteiger partial charge in [-0.1, -0.05) is 41.4 Å². The first-order valence-corrected chi connectivity index (χ1v) is 9.52. The van der Waals surface area contributed by atoms with Crippen molar-refractivity contribution < 1.29 is 18.0 Å². The van der Waals surface area contributed by atoms with E-state index >= 15 is 0 Å². The molecule has 2 aromatic heterocycles. The van der Waals surface area contributed by atoms with Crippen LogP contribution in [0, 0.1) is 6.92 Å². The zero-order valence-corrected chi connectivity index (χ0v) is 16.4. The molecular weight excluding hydrogens is 422 g/mol. The van der Waals surface area contributed by atoms with E-state index in [1.54, 1.807) is 0 Å². The van der Waals surface area contributed by atoms with Crippen LogP contribution in [0.15, 0.2) is 24.3 Å². The predicted octanol–water partition coefficient (Wildman–Crippen LogP) is 5.55. The fraction of sp³-hybridized carbons (Fsp3) is 0.294. The van der Waals surface area contributed by atoms with Crippen molar-refractivity contribution in [1.29, 1.82) is 0 Å². The maximum Gasteiger partial charge on any atom is 0.436 e. The van der Waals surface area contributed by atoms with Gasteiger partial charge in [-0.3, -0.25) is 9.48 Å². The number of halogens is 5. The lowest BCUT2D eigenvalue weighted by molar-refractivity contribution is -0.141. The van der Waals surface area contributed by atoms with Crippen molar-refractivity contribution in [3.8, 4) is 0 Å². The number of thiophene rings is 1. The maximum absolute atomic E-state index is 12.8. The molecule has 0 saturated carbocycles. The van der Waals surface area contributed by atoms with Crippen molar-refractivity contribution in [2.45, 2.75) is 26.1 Å². The van der Waals surface area contributed by atoms with Crippen LogP contribution in [0.4, 0.5) is 13.2 Å². The van der Waals surface area contributed by atoms with E-state index < -0.39 is 16.9 Å². The molecule has 0 saturated heterocycles. The number of alkyl halides is 3. The van der Waals surface area contributed by atoms with Crippen LogP contribution in [0.3, 0.4) is 0 Å². The highest BCUT2D eigenvalue weighted by molar-refractivity contribution is 7.21. The number of hydrogen-bond donors (Lipinski definition) is 1. The highest BCUT2D eigenvalue weighted by atomic mass is 35.5. The molecule has 0 aliphatic heterocycles. The Kier molecular flexibility index (Phi) is 5.69. The fourth-order valence-electron chi connectivity index (χ4n) is 2.59. The molecule has 3 aromatic rings. The quantitative estimate of drug-likeness (QED) is 0.533. The number of aryl methyl sites for hydroxylation is 1. The first kappa shape index (κ1) is 20.0. The first-order chi connectivity index (χ1) is 12.7. The summed E-state index contributed by atoms with van der Waals surface area (Å²) in [7, 11) is 0. The van der Waals surface area contributed by atoms with Crippen LogP contribution < -0.4 is 5.32 Å². The van der Waals surface area contributed by atoms with Crippen LogP contribution in [-0.2, 0) is 12.7 Å². The van der Waals surface area contributed by atoms with Crippen molar-refractivity contribution >= 4 is 50.5 Å². The molecule has 4 nitrogen and oxygen atoms in total. The van der Waals surface area contributed by atoms with Crippen molar-refractivity contribution in [2.75, 3.05) is 6.54 Å². The molecule has 0 aliphatic rings. The number of benzene rings is 1. The number of hydrogen-bond acceptors (Lipinski definition) is 3. The average molecular weight is 436 g/mol. The summed E-state index contributed by atoms with van der Waals surface area (Å²) in [4.78, 5) is 12.7. The molecule has 1 aromatic carbocycles. The molecule has 2 heterocycles. The third-order valence-corrected chi connectivity index (χ3v) is 6.10. The molecule has 0 radical (unpaired) electrons. The Balaban J connectivity index is 1.60. The minimum Gasteiger partial charge on any atom is -0.351 e. The van der Waals surface area contributed by atoms with Gasteiger partial charge < -0.3 is 5.32 Å². The summed E-state index contributed by atoms with van der Waals surface area (Å²) in [5.41, 5.74) is -0.856. The summed E-state index contributed by atoms with van der Waals surface area (Å²) < 4.78 is 40.6. The van der Waals surface area contributed by atoms with Gasteiger partial charge in [-0.2, -0.15) is 18.3 Å². The fourth-order valence-corrected chi connectivity index (χ4v) is 4.27. The number of nitrogens with one attached hydrogen (secondary N) is 1. The normalized spacial score (nSPS) is 11.9. The molecule has 0 aliphatic carbocycles. The van der Waals surface area contributed by atoms with Gasteiger partial charge in [-0.15, -0.1) is 11.3 Å². The van der Waals surface area contributed by atoms with Gasteiger partial charge in [0.2, 0.25) is 0 Å². The lowest BCUT2D eigenvalue weighted by Gasteiger charge is -2.06. The Bertz CT molecular complexity index is 997. The van der Waals surface area contributed by atoms with Gasteiger partial charge in [-0.05, 0) is 19.4 Å². The predicted molar refractivity (Wildman–Crippen MR) is 101 cm³/mol. The third kappa shape index (κ3) is 4.07. The molecular formula is C17H14Cl2F3N3OS. The Morgan fingerprint density at radius 3 is 2.59 bits per heavy atom. The van der Waals surface area contributed by atoms with E-state index in [4.69, 9.17) is 23.2 Å². The minimum atomic E-state index is -4.60. The minimum absolute atomic E-state index is 0.196. The van der Waals surface area contributed by atoms with Gasteiger partial charge in [0.25, 0.3) is 5.91 Å². The molecule has 144 valence electrons. The van der Waals surface area contributed by atoms with E-state index in [0.29, 0.717) is 16.3 Å². The number of rotatable bonds is 5. The van der Waals surface area contributed by atoms with Crippen molar-refractivity contribution in [3.05, 3.63) is 50.6 Å². The Labute approximate surface area is 166 Å². The number of carbonyl (C=O) groups is 1. The lowest BCUT2D eigenvalue weighted by Crippen LogP contribution is -2.25. The SMILES string of the molecule is Cc1c(Cl)c(C(F)(F)F)nn1CCCNC(=O)c1sc2ccccc2c1Cl. The van der Waals surface area contributed by atoms with Gasteiger partial charge in [0, 0.05) is 23.2 Å².